The highest BCUT2D eigenvalue weighted by Gasteiger charge is 2.44. The number of hydrogen-bond acceptors (Lipinski definition) is 7. The standard InChI is InChI=1S/C28H38O7Si/c1-16(2)34-26-19(30-6)13-12-18-22(27(35-24(18)26)36(10,11)28(3,4)5)23(29)17-14-20(31-7)25(33-9)21(15-17)32-8/h12-16H,1-11H3. The molecule has 3 rings (SSSR count). The third-order valence-corrected chi connectivity index (χ3v) is 12.2. The lowest BCUT2D eigenvalue weighted by atomic mass is 10.0. The zero-order valence-electron chi connectivity index (χ0n) is 23.2. The first-order chi connectivity index (χ1) is 16.8. The van der Waals surface area contributed by atoms with Gasteiger partial charge in [-0.15, -0.1) is 0 Å². The van der Waals surface area contributed by atoms with Crippen LogP contribution < -0.4 is 29.1 Å². The van der Waals surface area contributed by atoms with Crippen molar-refractivity contribution in [1.29, 1.82) is 0 Å². The van der Waals surface area contributed by atoms with E-state index in [2.05, 4.69) is 33.9 Å². The van der Waals surface area contributed by atoms with E-state index in [1.807, 2.05) is 26.0 Å². The highest BCUT2D eigenvalue weighted by molar-refractivity contribution is 6.92. The van der Waals surface area contributed by atoms with E-state index in [1.165, 1.54) is 21.3 Å². The molecule has 0 spiro atoms. The van der Waals surface area contributed by atoms with Crippen LogP contribution >= 0.6 is 0 Å². The predicted molar refractivity (Wildman–Crippen MR) is 145 cm³/mol. The second kappa shape index (κ2) is 10.1. The summed E-state index contributed by atoms with van der Waals surface area (Å²) < 4.78 is 34.8. The van der Waals surface area contributed by atoms with Crippen molar-refractivity contribution in [1.82, 2.24) is 0 Å². The minimum absolute atomic E-state index is 0.0889. The van der Waals surface area contributed by atoms with Crippen molar-refractivity contribution in [3.05, 3.63) is 35.4 Å². The average molecular weight is 515 g/mol. The summed E-state index contributed by atoms with van der Waals surface area (Å²) >= 11 is 0. The Hall–Kier alpha value is -3.13. The molecule has 36 heavy (non-hydrogen) atoms. The molecule has 1 heterocycles. The fourth-order valence-corrected chi connectivity index (χ4v) is 5.90. The predicted octanol–water partition coefficient (Wildman–Crippen LogP) is 6.20. The molecule has 196 valence electrons. The summed E-state index contributed by atoms with van der Waals surface area (Å²) in [5.41, 5.74) is 1.45. The maximum absolute atomic E-state index is 14.3. The molecule has 0 atom stereocenters. The molecule has 3 aromatic rings. The Labute approximate surface area is 214 Å². The van der Waals surface area contributed by atoms with Crippen molar-refractivity contribution in [2.24, 2.45) is 0 Å². The van der Waals surface area contributed by atoms with Gasteiger partial charge in [-0.1, -0.05) is 33.9 Å². The fourth-order valence-electron chi connectivity index (χ4n) is 3.99. The molecule has 0 aliphatic rings. The van der Waals surface area contributed by atoms with Gasteiger partial charge in [0.1, 0.15) is 8.07 Å². The molecule has 0 saturated carbocycles. The summed E-state index contributed by atoms with van der Waals surface area (Å²) in [4.78, 5) is 14.3. The Morgan fingerprint density at radius 3 is 1.86 bits per heavy atom. The lowest BCUT2D eigenvalue weighted by Crippen LogP contribution is -2.50. The van der Waals surface area contributed by atoms with E-state index < -0.39 is 8.07 Å². The first kappa shape index (κ1) is 27.5. The van der Waals surface area contributed by atoms with Gasteiger partial charge in [0.05, 0.1) is 45.5 Å². The van der Waals surface area contributed by atoms with Crippen LogP contribution in [0.4, 0.5) is 0 Å². The molecule has 0 unspecified atom stereocenters. The quantitative estimate of drug-likeness (QED) is 0.248. The summed E-state index contributed by atoms with van der Waals surface area (Å²) in [6.45, 7) is 14.9. The molecule has 2 aromatic carbocycles. The van der Waals surface area contributed by atoms with Gasteiger partial charge in [0.25, 0.3) is 0 Å². The number of ketones is 1. The van der Waals surface area contributed by atoms with Crippen molar-refractivity contribution in [3.63, 3.8) is 0 Å². The van der Waals surface area contributed by atoms with Gasteiger partial charge in [0.2, 0.25) is 11.5 Å². The Bertz CT molecular complexity index is 1240. The van der Waals surface area contributed by atoms with Crippen LogP contribution in [0.3, 0.4) is 0 Å². The third kappa shape index (κ3) is 4.66. The monoisotopic (exact) mass is 514 g/mol. The minimum Gasteiger partial charge on any atom is -0.493 e. The van der Waals surface area contributed by atoms with Gasteiger partial charge in [0.15, 0.2) is 28.6 Å². The number of fused-ring (bicyclic) bond motifs is 1. The van der Waals surface area contributed by atoms with Crippen LogP contribution in [-0.2, 0) is 0 Å². The van der Waals surface area contributed by atoms with E-state index in [1.54, 1.807) is 19.2 Å². The van der Waals surface area contributed by atoms with Crippen LogP contribution in [0.15, 0.2) is 28.7 Å². The highest BCUT2D eigenvalue weighted by Crippen LogP contribution is 2.44. The Morgan fingerprint density at radius 2 is 1.42 bits per heavy atom. The summed E-state index contributed by atoms with van der Waals surface area (Å²) in [6, 6.07) is 7.03. The second-order valence-corrected chi connectivity index (χ2v) is 15.8. The van der Waals surface area contributed by atoms with Crippen LogP contribution in [0.25, 0.3) is 11.0 Å². The Kier molecular flexibility index (Phi) is 7.69. The largest absolute Gasteiger partial charge is 0.493 e. The first-order valence-corrected chi connectivity index (χ1v) is 15.0. The SMILES string of the molecule is COc1cc(C(=O)c2c([Si](C)(C)C(C)(C)C)oc3c(OC(C)C)c(OC)ccc23)cc(OC)c1OC. The summed E-state index contributed by atoms with van der Waals surface area (Å²) in [5.74, 6) is 2.11. The van der Waals surface area contributed by atoms with Crippen molar-refractivity contribution in [2.75, 3.05) is 28.4 Å². The smallest absolute Gasteiger partial charge is 0.205 e. The molecular weight excluding hydrogens is 476 g/mol. The van der Waals surface area contributed by atoms with Crippen LogP contribution in [0.1, 0.15) is 50.5 Å². The van der Waals surface area contributed by atoms with Gasteiger partial charge in [-0.2, -0.15) is 0 Å². The number of ether oxygens (including phenoxy) is 5. The van der Waals surface area contributed by atoms with Gasteiger partial charge < -0.3 is 28.1 Å². The number of hydrogen-bond donors (Lipinski definition) is 0. The van der Waals surface area contributed by atoms with Crippen molar-refractivity contribution >= 4 is 30.2 Å². The second-order valence-electron chi connectivity index (χ2n) is 10.6. The zero-order valence-corrected chi connectivity index (χ0v) is 24.2. The Balaban J connectivity index is 2.41. The lowest BCUT2D eigenvalue weighted by Gasteiger charge is -2.35. The lowest BCUT2D eigenvalue weighted by molar-refractivity contribution is 0.104. The molecule has 0 radical (unpaired) electrons. The summed E-state index contributed by atoms with van der Waals surface area (Å²) in [5, 5.41) is 1.31. The summed E-state index contributed by atoms with van der Waals surface area (Å²) in [6.07, 6.45) is -0.111. The molecular formula is C28H38O7Si. The zero-order chi connectivity index (χ0) is 27.0. The van der Waals surface area contributed by atoms with Gasteiger partial charge in [-0.25, -0.2) is 0 Å². The maximum Gasteiger partial charge on any atom is 0.205 e. The first-order valence-electron chi connectivity index (χ1n) is 12.0. The molecule has 8 heteroatoms. The van der Waals surface area contributed by atoms with Gasteiger partial charge in [0, 0.05) is 10.9 Å². The molecule has 0 saturated heterocycles. The molecule has 0 aliphatic heterocycles. The van der Waals surface area contributed by atoms with E-state index in [0.29, 0.717) is 56.2 Å². The molecule has 0 amide bonds. The number of carbonyl (C=O) groups is 1. The van der Waals surface area contributed by atoms with E-state index >= 15 is 0 Å². The average Bonchev–Trinajstić information content (AvgIpc) is 3.22. The molecule has 0 bridgehead atoms. The van der Waals surface area contributed by atoms with Crippen molar-refractivity contribution in [2.45, 2.75) is 58.9 Å². The highest BCUT2D eigenvalue weighted by atomic mass is 28.3. The van der Waals surface area contributed by atoms with E-state index in [-0.39, 0.29) is 16.9 Å². The van der Waals surface area contributed by atoms with E-state index in [9.17, 15) is 4.79 Å². The van der Waals surface area contributed by atoms with E-state index in [4.69, 9.17) is 28.1 Å². The minimum atomic E-state index is -2.33. The number of benzene rings is 2. The third-order valence-electron chi connectivity index (χ3n) is 6.95. The normalized spacial score (nSPS) is 12.1. The number of methoxy groups -OCH3 is 4. The molecule has 1 aromatic heterocycles. The number of rotatable bonds is 9. The van der Waals surface area contributed by atoms with Gasteiger partial charge in [-0.05, 0) is 43.2 Å². The molecule has 0 fully saturated rings. The van der Waals surface area contributed by atoms with Crippen molar-refractivity contribution < 1.29 is 32.9 Å². The van der Waals surface area contributed by atoms with Crippen molar-refractivity contribution in [3.8, 4) is 28.7 Å². The van der Waals surface area contributed by atoms with Crippen LogP contribution in [0.5, 0.6) is 28.7 Å². The Morgan fingerprint density at radius 1 is 0.861 bits per heavy atom. The van der Waals surface area contributed by atoms with E-state index in [0.717, 1.165) is 0 Å². The van der Waals surface area contributed by atoms with Crippen LogP contribution in [0.2, 0.25) is 18.1 Å². The van der Waals surface area contributed by atoms with Gasteiger partial charge in [-0.3, -0.25) is 4.79 Å². The molecule has 0 N–H and O–H groups in total. The van der Waals surface area contributed by atoms with Crippen LogP contribution in [0, 0.1) is 0 Å². The summed E-state index contributed by atoms with van der Waals surface area (Å²) in [7, 11) is 3.86. The maximum atomic E-state index is 14.3. The topological polar surface area (TPSA) is 76.4 Å². The van der Waals surface area contributed by atoms with Crippen LogP contribution in [-0.4, -0.2) is 48.4 Å². The van der Waals surface area contributed by atoms with Gasteiger partial charge >= 0.3 is 0 Å². The fraction of sp³-hybridized carbons (Fsp3) is 0.464. The molecule has 0 aliphatic carbocycles. The number of furan rings is 1. The molecule has 7 nitrogen and oxygen atoms in total. The number of carbonyl (C=O) groups excluding carboxylic acids is 1.